The van der Waals surface area contributed by atoms with Gasteiger partial charge in [0.1, 0.15) is 11.4 Å². The van der Waals surface area contributed by atoms with Crippen molar-refractivity contribution in [3.8, 4) is 5.75 Å². The van der Waals surface area contributed by atoms with Crippen molar-refractivity contribution in [3.05, 3.63) is 59.3 Å². The van der Waals surface area contributed by atoms with Gasteiger partial charge in [-0.15, -0.1) is 0 Å². The van der Waals surface area contributed by atoms with Crippen molar-refractivity contribution in [3.63, 3.8) is 0 Å². The molecule has 1 saturated heterocycles. The van der Waals surface area contributed by atoms with E-state index < -0.39 is 0 Å². The second kappa shape index (κ2) is 9.49. The summed E-state index contributed by atoms with van der Waals surface area (Å²) in [5.41, 5.74) is 2.75. The Kier molecular flexibility index (Phi) is 6.64. The number of benzene rings is 2. The van der Waals surface area contributed by atoms with Gasteiger partial charge < -0.3 is 14.4 Å². The Morgan fingerprint density at radius 1 is 1.06 bits per heavy atom. The van der Waals surface area contributed by atoms with Crippen LogP contribution in [0.3, 0.4) is 0 Å². The van der Waals surface area contributed by atoms with Crippen LogP contribution in [0.1, 0.15) is 59.9 Å². The molecule has 0 saturated carbocycles. The molecule has 0 aliphatic carbocycles. The molecular formula is C27H33N3O4. The van der Waals surface area contributed by atoms with E-state index in [1.807, 2.05) is 73.8 Å². The molecule has 180 valence electrons. The van der Waals surface area contributed by atoms with E-state index in [0.29, 0.717) is 17.0 Å². The summed E-state index contributed by atoms with van der Waals surface area (Å²) in [5, 5.41) is 5.67. The Bertz CT molecular complexity index is 1180. The van der Waals surface area contributed by atoms with Gasteiger partial charge in [-0.1, -0.05) is 0 Å². The minimum Gasteiger partial charge on any atom is -0.488 e. The number of methoxy groups -OCH3 is 1. The zero-order chi connectivity index (χ0) is 24.5. The largest absolute Gasteiger partial charge is 0.488 e. The third-order valence-electron chi connectivity index (χ3n) is 6.28. The number of aromatic nitrogens is 2. The first-order chi connectivity index (χ1) is 16.1. The molecular weight excluding hydrogens is 430 g/mol. The first kappa shape index (κ1) is 23.8. The van der Waals surface area contributed by atoms with E-state index in [-0.39, 0.29) is 17.5 Å². The topological polar surface area (TPSA) is 73.7 Å². The number of aryl methyl sites for hydroxylation is 1. The van der Waals surface area contributed by atoms with Gasteiger partial charge in [0.05, 0.1) is 18.2 Å². The number of hydrogen-bond acceptors (Lipinski definition) is 5. The fraction of sp³-hybridized carbons (Fsp3) is 0.444. The number of esters is 1. The van der Waals surface area contributed by atoms with Crippen molar-refractivity contribution in [1.29, 1.82) is 0 Å². The molecule has 1 amide bonds. The minimum absolute atomic E-state index is 0.0663. The number of hydrogen-bond donors (Lipinski definition) is 0. The molecule has 0 spiro atoms. The van der Waals surface area contributed by atoms with Crippen molar-refractivity contribution in [2.75, 3.05) is 20.2 Å². The molecule has 7 nitrogen and oxygen atoms in total. The summed E-state index contributed by atoms with van der Waals surface area (Å²) in [7, 11) is 1.39. The van der Waals surface area contributed by atoms with Crippen LogP contribution < -0.4 is 4.74 Å². The van der Waals surface area contributed by atoms with Crippen LogP contribution in [0.2, 0.25) is 0 Å². The van der Waals surface area contributed by atoms with Gasteiger partial charge in [0.25, 0.3) is 5.91 Å². The molecule has 0 N–H and O–H groups in total. The van der Waals surface area contributed by atoms with Crippen LogP contribution in [-0.4, -0.2) is 52.4 Å². The third kappa shape index (κ3) is 5.24. The lowest BCUT2D eigenvalue weighted by Gasteiger charge is -2.32. The zero-order valence-corrected chi connectivity index (χ0v) is 20.6. The van der Waals surface area contributed by atoms with Crippen molar-refractivity contribution in [1.82, 2.24) is 14.7 Å². The second-order valence-corrected chi connectivity index (χ2v) is 9.99. The number of likely N-dealkylation sites (tertiary alicyclic amines) is 1. The maximum absolute atomic E-state index is 13.0. The fourth-order valence-electron chi connectivity index (χ4n) is 4.49. The fourth-order valence-corrected chi connectivity index (χ4v) is 4.49. The normalized spacial score (nSPS) is 14.9. The summed E-state index contributed by atoms with van der Waals surface area (Å²) in [5.74, 6) is 0.946. The van der Waals surface area contributed by atoms with E-state index in [9.17, 15) is 9.59 Å². The predicted octanol–water partition coefficient (Wildman–Crippen LogP) is 4.86. The van der Waals surface area contributed by atoms with Gasteiger partial charge in [-0.05, 0) is 88.4 Å². The molecule has 3 aromatic rings. The van der Waals surface area contributed by atoms with E-state index in [1.165, 1.54) is 7.11 Å². The Morgan fingerprint density at radius 2 is 1.74 bits per heavy atom. The van der Waals surface area contributed by atoms with Gasteiger partial charge in [0.15, 0.2) is 0 Å². The van der Waals surface area contributed by atoms with Gasteiger partial charge in [0, 0.05) is 36.8 Å². The van der Waals surface area contributed by atoms with E-state index in [0.717, 1.165) is 54.7 Å². The van der Waals surface area contributed by atoms with E-state index >= 15 is 0 Å². The maximum atomic E-state index is 13.0. The quantitative estimate of drug-likeness (QED) is 0.505. The van der Waals surface area contributed by atoms with E-state index in [4.69, 9.17) is 14.6 Å². The number of fused-ring (bicyclic) bond motifs is 1. The van der Waals surface area contributed by atoms with Crippen LogP contribution in [0.4, 0.5) is 0 Å². The van der Waals surface area contributed by atoms with Crippen LogP contribution in [0, 0.1) is 12.8 Å². The molecule has 2 heterocycles. The summed E-state index contributed by atoms with van der Waals surface area (Å²) >= 11 is 0. The lowest BCUT2D eigenvalue weighted by Crippen LogP contribution is -2.39. The van der Waals surface area contributed by atoms with E-state index in [2.05, 4.69) is 0 Å². The molecule has 4 rings (SSSR count). The van der Waals surface area contributed by atoms with Gasteiger partial charge in [-0.2, -0.15) is 5.10 Å². The summed E-state index contributed by atoms with van der Waals surface area (Å²) in [6.07, 6.45) is 3.87. The van der Waals surface area contributed by atoms with Crippen LogP contribution >= 0.6 is 0 Å². The van der Waals surface area contributed by atoms with Crippen LogP contribution in [0.25, 0.3) is 10.9 Å². The number of piperidine rings is 1. The SMILES string of the molecule is COC(=O)c1ccc2nn(CC3CCN(C(=O)c4ccc(OC(C)(C)C)cc4)CC3)cc2c1C. The average Bonchev–Trinajstić information content (AvgIpc) is 3.22. The predicted molar refractivity (Wildman–Crippen MR) is 131 cm³/mol. The van der Waals surface area contributed by atoms with Crippen LogP contribution in [-0.2, 0) is 11.3 Å². The number of nitrogens with zero attached hydrogens (tertiary/aromatic N) is 3. The Morgan fingerprint density at radius 3 is 2.35 bits per heavy atom. The first-order valence-electron chi connectivity index (χ1n) is 11.8. The van der Waals surface area contributed by atoms with Crippen molar-refractivity contribution in [2.45, 2.75) is 52.7 Å². The van der Waals surface area contributed by atoms with Crippen LogP contribution in [0.5, 0.6) is 5.75 Å². The molecule has 0 atom stereocenters. The molecule has 0 bridgehead atoms. The molecule has 1 aromatic heterocycles. The molecule has 34 heavy (non-hydrogen) atoms. The Balaban J connectivity index is 1.36. The second-order valence-electron chi connectivity index (χ2n) is 9.99. The lowest BCUT2D eigenvalue weighted by molar-refractivity contribution is 0.0599. The highest BCUT2D eigenvalue weighted by Crippen LogP contribution is 2.25. The van der Waals surface area contributed by atoms with Gasteiger partial charge in [-0.25, -0.2) is 4.79 Å². The zero-order valence-electron chi connectivity index (χ0n) is 20.6. The monoisotopic (exact) mass is 463 g/mol. The van der Waals surface area contributed by atoms with Crippen molar-refractivity contribution in [2.24, 2.45) is 5.92 Å². The summed E-state index contributed by atoms with van der Waals surface area (Å²) < 4.78 is 12.7. The highest BCUT2D eigenvalue weighted by Gasteiger charge is 2.25. The van der Waals surface area contributed by atoms with Gasteiger partial charge in [0.2, 0.25) is 0 Å². The summed E-state index contributed by atoms with van der Waals surface area (Å²) in [6, 6.07) is 11.0. The number of amides is 1. The molecule has 1 fully saturated rings. The highest BCUT2D eigenvalue weighted by molar-refractivity contribution is 5.97. The number of rotatable bonds is 5. The van der Waals surface area contributed by atoms with Crippen molar-refractivity contribution < 1.29 is 19.1 Å². The standard InChI is InChI=1S/C27H33N3O4/c1-18-22(26(32)33-5)10-11-24-23(18)17-30(28-24)16-19-12-14-29(15-13-19)25(31)20-6-8-21(9-7-20)34-27(2,3)4/h6-11,17,19H,12-16H2,1-5H3. The average molecular weight is 464 g/mol. The van der Waals surface area contributed by atoms with Gasteiger partial charge in [-0.3, -0.25) is 9.48 Å². The van der Waals surface area contributed by atoms with Crippen molar-refractivity contribution >= 4 is 22.8 Å². The molecule has 1 aliphatic rings. The highest BCUT2D eigenvalue weighted by atomic mass is 16.5. The van der Waals surface area contributed by atoms with E-state index in [1.54, 1.807) is 6.07 Å². The molecule has 0 radical (unpaired) electrons. The number of carbonyl (C=O) groups excluding carboxylic acids is 2. The number of ether oxygens (including phenoxy) is 2. The first-order valence-corrected chi connectivity index (χ1v) is 11.8. The lowest BCUT2D eigenvalue weighted by atomic mass is 9.96. The molecule has 7 heteroatoms. The van der Waals surface area contributed by atoms with Crippen LogP contribution in [0.15, 0.2) is 42.6 Å². The third-order valence-corrected chi connectivity index (χ3v) is 6.28. The molecule has 2 aromatic carbocycles. The number of carbonyl (C=O) groups is 2. The Hall–Kier alpha value is -3.35. The Labute approximate surface area is 200 Å². The smallest absolute Gasteiger partial charge is 0.338 e. The summed E-state index contributed by atoms with van der Waals surface area (Å²) in [4.78, 5) is 26.9. The maximum Gasteiger partial charge on any atom is 0.338 e. The summed E-state index contributed by atoms with van der Waals surface area (Å²) in [6.45, 7) is 10.2. The minimum atomic E-state index is -0.333. The molecule has 1 aliphatic heterocycles. The van der Waals surface area contributed by atoms with Gasteiger partial charge >= 0.3 is 5.97 Å². The molecule has 0 unspecified atom stereocenters.